The molecule has 0 aliphatic heterocycles. The van der Waals surface area contributed by atoms with E-state index in [1.54, 1.807) is 11.0 Å². The molecule has 0 atom stereocenters. The van der Waals surface area contributed by atoms with Crippen LogP contribution in [0.15, 0.2) is 23.1 Å². The molecule has 0 aliphatic carbocycles. The molecule has 88 valence electrons. The summed E-state index contributed by atoms with van der Waals surface area (Å²) in [6.45, 7) is 6.74. The van der Waals surface area contributed by atoms with Gasteiger partial charge in [0.2, 0.25) is 5.56 Å². The Bertz CT molecular complexity index is 389. The average Bonchev–Trinajstić information content (AvgIpc) is 2.25. The van der Waals surface area contributed by atoms with Crippen molar-refractivity contribution in [1.82, 2.24) is 9.88 Å². The highest BCUT2D eigenvalue weighted by molar-refractivity contribution is 5.94. The number of hydrogen-bond donors (Lipinski definition) is 1. The van der Waals surface area contributed by atoms with Gasteiger partial charge in [-0.3, -0.25) is 9.59 Å². The number of aromatic nitrogens is 1. The van der Waals surface area contributed by atoms with Crippen molar-refractivity contribution in [2.24, 2.45) is 0 Å². The highest BCUT2D eigenvalue weighted by Gasteiger charge is 2.17. The molecule has 0 unspecified atom stereocenters. The summed E-state index contributed by atoms with van der Waals surface area (Å²) in [5, 5.41) is 0. The summed E-state index contributed by atoms with van der Waals surface area (Å²) in [5.74, 6) is -0.0342. The highest BCUT2D eigenvalue weighted by atomic mass is 16.2. The van der Waals surface area contributed by atoms with Crippen molar-refractivity contribution in [2.45, 2.75) is 33.2 Å². The third-order valence-electron chi connectivity index (χ3n) is 2.38. The summed E-state index contributed by atoms with van der Waals surface area (Å²) < 4.78 is 0. The Morgan fingerprint density at radius 1 is 1.44 bits per heavy atom. The zero-order valence-corrected chi connectivity index (χ0v) is 9.99. The lowest BCUT2D eigenvalue weighted by Crippen LogP contribution is -2.37. The van der Waals surface area contributed by atoms with Crippen LogP contribution >= 0.6 is 0 Å². The monoisotopic (exact) mass is 222 g/mol. The number of rotatable bonds is 4. The zero-order chi connectivity index (χ0) is 12.1. The van der Waals surface area contributed by atoms with E-state index >= 15 is 0 Å². The molecule has 0 spiro atoms. The van der Waals surface area contributed by atoms with Crippen LogP contribution in [0.3, 0.4) is 0 Å². The van der Waals surface area contributed by atoms with Gasteiger partial charge in [-0.25, -0.2) is 0 Å². The maximum absolute atomic E-state index is 12.1. The molecular weight excluding hydrogens is 204 g/mol. The summed E-state index contributed by atoms with van der Waals surface area (Å²) in [4.78, 5) is 27.3. The van der Waals surface area contributed by atoms with Gasteiger partial charge in [-0.05, 0) is 26.3 Å². The van der Waals surface area contributed by atoms with Crippen molar-refractivity contribution >= 4 is 5.91 Å². The van der Waals surface area contributed by atoms with E-state index in [1.807, 2.05) is 20.8 Å². The average molecular weight is 222 g/mol. The van der Waals surface area contributed by atoms with Crippen molar-refractivity contribution in [3.05, 3.63) is 34.2 Å². The predicted molar refractivity (Wildman–Crippen MR) is 63.5 cm³/mol. The van der Waals surface area contributed by atoms with Crippen molar-refractivity contribution < 1.29 is 4.79 Å². The molecule has 0 saturated heterocycles. The van der Waals surface area contributed by atoms with Gasteiger partial charge in [-0.2, -0.15) is 0 Å². The molecule has 4 nitrogen and oxygen atoms in total. The molecular formula is C12H18N2O2. The lowest BCUT2D eigenvalue weighted by Gasteiger charge is -2.26. The lowest BCUT2D eigenvalue weighted by molar-refractivity contribution is 0.0705. The quantitative estimate of drug-likeness (QED) is 0.842. The van der Waals surface area contributed by atoms with E-state index in [1.165, 1.54) is 12.3 Å². The molecule has 4 heteroatoms. The van der Waals surface area contributed by atoms with Gasteiger partial charge in [0.05, 0.1) is 5.56 Å². The Kier molecular flexibility index (Phi) is 4.28. The first kappa shape index (κ1) is 12.5. The summed E-state index contributed by atoms with van der Waals surface area (Å²) in [6, 6.07) is 3.10. The van der Waals surface area contributed by atoms with Gasteiger partial charge in [0.15, 0.2) is 0 Å². The zero-order valence-electron chi connectivity index (χ0n) is 9.99. The fraction of sp³-hybridized carbons (Fsp3) is 0.500. The van der Waals surface area contributed by atoms with Crippen LogP contribution in [0.5, 0.6) is 0 Å². The largest absolute Gasteiger partial charge is 0.336 e. The minimum absolute atomic E-state index is 0.0342. The van der Waals surface area contributed by atoms with Crippen LogP contribution in [0.1, 0.15) is 37.6 Å². The van der Waals surface area contributed by atoms with E-state index in [9.17, 15) is 9.59 Å². The fourth-order valence-corrected chi connectivity index (χ4v) is 1.54. The summed E-state index contributed by atoms with van der Waals surface area (Å²) in [7, 11) is 0. The Labute approximate surface area is 95.3 Å². The molecule has 1 rings (SSSR count). The first-order valence-electron chi connectivity index (χ1n) is 5.56. The van der Waals surface area contributed by atoms with Crippen LogP contribution in [0, 0.1) is 0 Å². The van der Waals surface area contributed by atoms with Gasteiger partial charge in [0.25, 0.3) is 5.91 Å². The van der Waals surface area contributed by atoms with Gasteiger partial charge >= 0.3 is 0 Å². The van der Waals surface area contributed by atoms with Crippen LogP contribution < -0.4 is 5.56 Å². The first-order chi connectivity index (χ1) is 7.56. The van der Waals surface area contributed by atoms with E-state index in [0.717, 1.165) is 13.0 Å². The molecule has 0 fully saturated rings. The van der Waals surface area contributed by atoms with Crippen molar-refractivity contribution in [2.75, 3.05) is 6.54 Å². The van der Waals surface area contributed by atoms with Gasteiger partial charge < -0.3 is 9.88 Å². The number of carbonyl (C=O) groups is 1. The third-order valence-corrected chi connectivity index (χ3v) is 2.38. The molecule has 0 bridgehead atoms. The number of nitrogens with zero attached hydrogens (tertiary/aromatic N) is 1. The van der Waals surface area contributed by atoms with Crippen molar-refractivity contribution in [3.8, 4) is 0 Å². The number of amides is 1. The Balaban J connectivity index is 2.90. The minimum Gasteiger partial charge on any atom is -0.336 e. The molecule has 0 aromatic carbocycles. The van der Waals surface area contributed by atoms with Crippen molar-refractivity contribution in [1.29, 1.82) is 0 Å². The van der Waals surface area contributed by atoms with Gasteiger partial charge in [-0.15, -0.1) is 0 Å². The van der Waals surface area contributed by atoms with E-state index in [2.05, 4.69) is 4.98 Å². The SMILES string of the molecule is CCCN(C(=O)c1ccc(=O)[nH]c1)C(C)C. The molecule has 1 amide bonds. The van der Waals surface area contributed by atoms with Crippen LogP contribution in [0.25, 0.3) is 0 Å². The normalized spacial score (nSPS) is 10.5. The van der Waals surface area contributed by atoms with E-state index in [0.29, 0.717) is 5.56 Å². The molecule has 0 saturated carbocycles. The number of carbonyl (C=O) groups excluding carboxylic acids is 1. The van der Waals surface area contributed by atoms with Crippen LogP contribution in [-0.2, 0) is 0 Å². The molecule has 1 N–H and O–H groups in total. The smallest absolute Gasteiger partial charge is 0.255 e. The Morgan fingerprint density at radius 2 is 2.12 bits per heavy atom. The molecule has 16 heavy (non-hydrogen) atoms. The Morgan fingerprint density at radius 3 is 2.56 bits per heavy atom. The number of pyridine rings is 1. The maximum Gasteiger partial charge on any atom is 0.255 e. The van der Waals surface area contributed by atoms with E-state index < -0.39 is 0 Å². The number of nitrogens with one attached hydrogen (secondary N) is 1. The van der Waals surface area contributed by atoms with Gasteiger partial charge in [0, 0.05) is 24.8 Å². The first-order valence-corrected chi connectivity index (χ1v) is 5.56. The second-order valence-electron chi connectivity index (χ2n) is 4.03. The molecule has 1 heterocycles. The van der Waals surface area contributed by atoms with Crippen molar-refractivity contribution in [3.63, 3.8) is 0 Å². The van der Waals surface area contributed by atoms with E-state index in [4.69, 9.17) is 0 Å². The number of H-pyrrole nitrogens is 1. The summed E-state index contributed by atoms with van der Waals surface area (Å²) in [5.41, 5.74) is 0.338. The molecule has 1 aromatic heterocycles. The fourth-order valence-electron chi connectivity index (χ4n) is 1.54. The maximum atomic E-state index is 12.1. The second-order valence-corrected chi connectivity index (χ2v) is 4.03. The van der Waals surface area contributed by atoms with Crippen LogP contribution in [0.4, 0.5) is 0 Å². The Hall–Kier alpha value is -1.58. The molecule has 1 aromatic rings. The number of aromatic amines is 1. The molecule has 0 aliphatic rings. The standard InChI is InChI=1S/C12H18N2O2/c1-4-7-14(9(2)3)12(16)10-5-6-11(15)13-8-10/h5-6,8-9H,4,7H2,1-3H3,(H,13,15). The predicted octanol–water partition coefficient (Wildman–Crippen LogP) is 1.64. The van der Waals surface area contributed by atoms with Crippen LogP contribution in [0.2, 0.25) is 0 Å². The van der Waals surface area contributed by atoms with Crippen LogP contribution in [-0.4, -0.2) is 28.4 Å². The summed E-state index contributed by atoms with van der Waals surface area (Å²) >= 11 is 0. The van der Waals surface area contributed by atoms with E-state index in [-0.39, 0.29) is 17.5 Å². The third kappa shape index (κ3) is 2.95. The van der Waals surface area contributed by atoms with Gasteiger partial charge in [-0.1, -0.05) is 6.92 Å². The topological polar surface area (TPSA) is 53.2 Å². The molecule has 0 radical (unpaired) electrons. The second kappa shape index (κ2) is 5.49. The summed E-state index contributed by atoms with van der Waals surface area (Å²) in [6.07, 6.45) is 2.39. The minimum atomic E-state index is -0.192. The van der Waals surface area contributed by atoms with Gasteiger partial charge in [0.1, 0.15) is 0 Å². The number of hydrogen-bond acceptors (Lipinski definition) is 2. The highest BCUT2D eigenvalue weighted by Crippen LogP contribution is 2.07. The lowest BCUT2D eigenvalue weighted by atomic mass is 10.2.